The summed E-state index contributed by atoms with van der Waals surface area (Å²) in [6.45, 7) is 6.37. The Labute approximate surface area is 351 Å². The van der Waals surface area contributed by atoms with E-state index < -0.39 is 6.10 Å². The molecule has 6 nitrogen and oxygen atoms in total. The number of hydrogen-bond donors (Lipinski definition) is 0. The minimum atomic E-state index is -0.784. The maximum absolute atomic E-state index is 12.7. The van der Waals surface area contributed by atoms with Crippen LogP contribution in [0.3, 0.4) is 0 Å². The quantitative estimate of drug-likeness (QED) is 0.0265. The van der Waals surface area contributed by atoms with Crippen LogP contribution in [0.25, 0.3) is 0 Å². The molecule has 57 heavy (non-hydrogen) atoms. The summed E-state index contributed by atoms with van der Waals surface area (Å²) in [6, 6.07) is 0. The SMILES string of the molecule is CC/C=C\C/C=C\C/C=C\C/C=C\CCCCCCCCC(=O)OCC(COC(=O)CCCCCCC)OC(=O)CCCCCCC/C=C\C/C=C\CCCCC. The summed E-state index contributed by atoms with van der Waals surface area (Å²) < 4.78 is 16.6. The van der Waals surface area contributed by atoms with Crippen molar-refractivity contribution in [1.29, 1.82) is 0 Å². The first kappa shape index (κ1) is 53.9. The van der Waals surface area contributed by atoms with Crippen molar-refractivity contribution in [3.8, 4) is 0 Å². The Morgan fingerprint density at radius 2 is 0.684 bits per heavy atom. The van der Waals surface area contributed by atoms with Gasteiger partial charge in [-0.05, 0) is 89.9 Å². The molecule has 6 heteroatoms. The highest BCUT2D eigenvalue weighted by molar-refractivity contribution is 5.71. The lowest BCUT2D eigenvalue weighted by molar-refractivity contribution is -0.167. The van der Waals surface area contributed by atoms with Crippen molar-refractivity contribution >= 4 is 17.9 Å². The lowest BCUT2D eigenvalue weighted by Gasteiger charge is -2.18. The minimum Gasteiger partial charge on any atom is -0.462 e. The molecule has 1 unspecified atom stereocenters. The smallest absolute Gasteiger partial charge is 0.306 e. The Hall–Kier alpha value is -3.15. The van der Waals surface area contributed by atoms with Gasteiger partial charge < -0.3 is 14.2 Å². The topological polar surface area (TPSA) is 78.9 Å². The van der Waals surface area contributed by atoms with Crippen molar-refractivity contribution < 1.29 is 28.6 Å². The zero-order chi connectivity index (χ0) is 41.5. The highest BCUT2D eigenvalue weighted by atomic mass is 16.6. The van der Waals surface area contributed by atoms with Gasteiger partial charge in [0.15, 0.2) is 6.10 Å². The van der Waals surface area contributed by atoms with Gasteiger partial charge in [-0.25, -0.2) is 0 Å². The fraction of sp³-hybridized carbons (Fsp3) is 0.706. The molecule has 0 heterocycles. The summed E-state index contributed by atoms with van der Waals surface area (Å²) in [7, 11) is 0. The molecule has 0 aliphatic carbocycles. The van der Waals surface area contributed by atoms with Gasteiger partial charge in [0.2, 0.25) is 0 Å². The second kappa shape index (κ2) is 45.6. The van der Waals surface area contributed by atoms with E-state index in [0.29, 0.717) is 19.3 Å². The standard InChI is InChI=1S/C51H86O6/c1-4-7-10-13-15-17-19-21-23-24-25-26-28-29-31-33-35-38-41-44-50(53)56-47-48(46-55-49(52)43-40-37-12-9-6-3)57-51(54)45-42-39-36-34-32-30-27-22-20-18-16-14-11-8-5-2/h7,10,15-18,21-23,25-27,48H,4-6,8-9,11-14,19-20,24,28-47H2,1-3H3/b10-7-,17-15-,18-16-,23-21-,26-25-,27-22-. The molecule has 0 aromatic rings. The molecule has 0 bridgehead atoms. The van der Waals surface area contributed by atoms with Gasteiger partial charge in [0.05, 0.1) is 0 Å². The first-order valence-electron chi connectivity index (χ1n) is 23.4. The average Bonchev–Trinajstić information content (AvgIpc) is 3.21. The first-order chi connectivity index (χ1) is 28.0. The van der Waals surface area contributed by atoms with Crippen LogP contribution in [-0.4, -0.2) is 37.2 Å². The maximum Gasteiger partial charge on any atom is 0.306 e. The molecule has 0 fully saturated rings. The van der Waals surface area contributed by atoms with Crippen LogP contribution in [0.2, 0.25) is 0 Å². The van der Waals surface area contributed by atoms with Crippen LogP contribution >= 0.6 is 0 Å². The molecule has 0 aromatic carbocycles. The number of unbranched alkanes of at least 4 members (excludes halogenated alkanes) is 18. The highest BCUT2D eigenvalue weighted by Crippen LogP contribution is 2.13. The number of rotatable bonds is 41. The lowest BCUT2D eigenvalue weighted by Crippen LogP contribution is -2.30. The van der Waals surface area contributed by atoms with Crippen molar-refractivity contribution in [2.45, 2.75) is 219 Å². The van der Waals surface area contributed by atoms with Gasteiger partial charge in [-0.2, -0.15) is 0 Å². The third-order valence-corrected chi connectivity index (χ3v) is 9.70. The lowest BCUT2D eigenvalue weighted by atomic mass is 10.1. The van der Waals surface area contributed by atoms with Gasteiger partial charge in [-0.15, -0.1) is 0 Å². The van der Waals surface area contributed by atoms with E-state index in [9.17, 15) is 14.4 Å². The van der Waals surface area contributed by atoms with Crippen molar-refractivity contribution in [1.82, 2.24) is 0 Å². The normalized spacial score (nSPS) is 12.7. The molecule has 0 radical (unpaired) electrons. The van der Waals surface area contributed by atoms with E-state index in [1.165, 1.54) is 51.4 Å². The molecule has 0 spiro atoms. The second-order valence-corrected chi connectivity index (χ2v) is 15.3. The molecule has 0 saturated carbocycles. The monoisotopic (exact) mass is 795 g/mol. The Balaban J connectivity index is 4.26. The fourth-order valence-electron chi connectivity index (χ4n) is 6.17. The van der Waals surface area contributed by atoms with Gasteiger partial charge in [0, 0.05) is 19.3 Å². The van der Waals surface area contributed by atoms with Crippen LogP contribution in [0.5, 0.6) is 0 Å². The third-order valence-electron chi connectivity index (χ3n) is 9.70. The Bertz CT molecular complexity index is 1100. The molecule has 1 atom stereocenters. The molecule has 326 valence electrons. The second-order valence-electron chi connectivity index (χ2n) is 15.3. The first-order valence-corrected chi connectivity index (χ1v) is 23.4. The van der Waals surface area contributed by atoms with Crippen molar-refractivity contribution in [3.05, 3.63) is 72.9 Å². The average molecular weight is 795 g/mol. The summed E-state index contributed by atoms with van der Waals surface area (Å²) in [5.74, 6) is -0.934. The van der Waals surface area contributed by atoms with Crippen molar-refractivity contribution in [3.63, 3.8) is 0 Å². The third kappa shape index (κ3) is 43.8. The molecule has 0 aliphatic rings. The van der Waals surface area contributed by atoms with Crippen molar-refractivity contribution in [2.24, 2.45) is 0 Å². The largest absolute Gasteiger partial charge is 0.462 e. The van der Waals surface area contributed by atoms with Crippen LogP contribution < -0.4 is 0 Å². The molecule has 0 aliphatic heterocycles. The van der Waals surface area contributed by atoms with E-state index in [2.05, 4.69) is 93.7 Å². The molecule has 0 saturated heterocycles. The van der Waals surface area contributed by atoms with E-state index in [4.69, 9.17) is 14.2 Å². The number of allylic oxidation sites excluding steroid dienone is 12. The summed E-state index contributed by atoms with van der Waals surface area (Å²) in [5.41, 5.74) is 0. The van der Waals surface area contributed by atoms with Gasteiger partial charge in [0.25, 0.3) is 0 Å². The number of hydrogen-bond acceptors (Lipinski definition) is 6. The fourth-order valence-corrected chi connectivity index (χ4v) is 6.17. The Kier molecular flexibility index (Phi) is 43.0. The van der Waals surface area contributed by atoms with Gasteiger partial charge in [-0.1, -0.05) is 177 Å². The van der Waals surface area contributed by atoms with E-state index in [-0.39, 0.29) is 31.1 Å². The predicted molar refractivity (Wildman–Crippen MR) is 242 cm³/mol. The van der Waals surface area contributed by atoms with Crippen molar-refractivity contribution in [2.75, 3.05) is 13.2 Å². The molecule has 0 rings (SSSR count). The van der Waals surface area contributed by atoms with Crippen LogP contribution in [0.4, 0.5) is 0 Å². The Morgan fingerprint density at radius 1 is 0.368 bits per heavy atom. The summed E-state index contributed by atoms with van der Waals surface area (Å²) in [6.07, 6.45) is 56.3. The molecular formula is C51H86O6. The number of ether oxygens (including phenoxy) is 3. The predicted octanol–water partition coefficient (Wildman–Crippen LogP) is 15.1. The van der Waals surface area contributed by atoms with Gasteiger partial charge in [-0.3, -0.25) is 14.4 Å². The van der Waals surface area contributed by atoms with Gasteiger partial charge >= 0.3 is 17.9 Å². The number of carbonyl (C=O) groups excluding carboxylic acids is 3. The zero-order valence-electron chi connectivity index (χ0n) is 37.1. The number of esters is 3. The van der Waals surface area contributed by atoms with Crippen LogP contribution in [0, 0.1) is 0 Å². The van der Waals surface area contributed by atoms with Gasteiger partial charge in [0.1, 0.15) is 13.2 Å². The minimum absolute atomic E-state index is 0.0874. The molecule has 0 N–H and O–H groups in total. The maximum atomic E-state index is 12.7. The van der Waals surface area contributed by atoms with E-state index >= 15 is 0 Å². The van der Waals surface area contributed by atoms with E-state index in [1.54, 1.807) is 0 Å². The van der Waals surface area contributed by atoms with Crippen LogP contribution in [0.1, 0.15) is 213 Å². The van der Waals surface area contributed by atoms with Crippen LogP contribution in [-0.2, 0) is 28.6 Å². The van der Waals surface area contributed by atoms with E-state index in [1.807, 2.05) is 0 Å². The molecular weight excluding hydrogens is 709 g/mol. The van der Waals surface area contributed by atoms with E-state index in [0.717, 1.165) is 122 Å². The molecule has 0 aromatic heterocycles. The Morgan fingerprint density at radius 3 is 1.11 bits per heavy atom. The highest BCUT2D eigenvalue weighted by Gasteiger charge is 2.19. The summed E-state index contributed by atoms with van der Waals surface area (Å²) in [5, 5.41) is 0. The summed E-state index contributed by atoms with van der Waals surface area (Å²) >= 11 is 0. The summed E-state index contributed by atoms with van der Waals surface area (Å²) in [4.78, 5) is 37.5. The van der Waals surface area contributed by atoms with Crippen LogP contribution in [0.15, 0.2) is 72.9 Å². The zero-order valence-corrected chi connectivity index (χ0v) is 37.1. The molecule has 0 amide bonds. The number of carbonyl (C=O) groups is 3.